The minimum atomic E-state index is -4.38. The van der Waals surface area contributed by atoms with Crippen LogP contribution in [0.1, 0.15) is 54.2 Å². The molecule has 0 unspecified atom stereocenters. The molecule has 0 saturated carbocycles. The van der Waals surface area contributed by atoms with E-state index in [2.05, 4.69) is 24.3 Å². The average Bonchev–Trinajstić information content (AvgIpc) is 3.29. The summed E-state index contributed by atoms with van der Waals surface area (Å²) in [5, 5.41) is 16.9. The normalized spacial score (nSPS) is 12.6. The van der Waals surface area contributed by atoms with Crippen LogP contribution in [0.3, 0.4) is 0 Å². The highest BCUT2D eigenvalue weighted by molar-refractivity contribution is 5.94. The molecule has 1 amide bonds. The number of hydrogen-bond donors (Lipinski definition) is 2. The van der Waals surface area contributed by atoms with Crippen LogP contribution in [0.25, 0.3) is 22.0 Å². The molecule has 0 fully saturated rings. The number of alkyl halides is 3. The van der Waals surface area contributed by atoms with Crippen molar-refractivity contribution in [3.8, 4) is 11.1 Å². The van der Waals surface area contributed by atoms with E-state index in [1.54, 1.807) is 18.3 Å². The molecule has 0 spiro atoms. The van der Waals surface area contributed by atoms with Crippen LogP contribution >= 0.6 is 0 Å². The summed E-state index contributed by atoms with van der Waals surface area (Å²) in [7, 11) is 0. The molecule has 2 N–H and O–H groups in total. The van der Waals surface area contributed by atoms with Crippen LogP contribution in [0.5, 0.6) is 0 Å². The van der Waals surface area contributed by atoms with Crippen LogP contribution in [-0.4, -0.2) is 33.3 Å². The van der Waals surface area contributed by atoms with Crippen molar-refractivity contribution < 1.29 is 27.9 Å². The molecule has 0 aliphatic heterocycles. The van der Waals surface area contributed by atoms with Gasteiger partial charge in [-0.25, -0.2) is 0 Å². The number of nitrogens with zero attached hydrogens (tertiary/aromatic N) is 2. The third-order valence-electron chi connectivity index (χ3n) is 6.31. The minimum absolute atomic E-state index is 0.0552. The van der Waals surface area contributed by atoms with Gasteiger partial charge in [-0.15, -0.1) is 0 Å². The van der Waals surface area contributed by atoms with E-state index >= 15 is 0 Å². The standard InChI is InChI=1S/C29H28F3N3O3/c1-18(2)15-26(20-3-5-21(6-4-20)28(38)33-14-13-27(36)37)35-25-12-9-22(16-23(25)17-34-35)19-7-10-24(11-8-19)29(30,31)32/h3-12,16-18,26H,13-15H2,1-2H3,(H,33,38)(H,36,37)/t26-/m0/s1. The van der Waals surface area contributed by atoms with Gasteiger partial charge in [-0.2, -0.15) is 18.3 Å². The fourth-order valence-electron chi connectivity index (χ4n) is 4.40. The van der Waals surface area contributed by atoms with Gasteiger partial charge in [-0.1, -0.05) is 44.2 Å². The topological polar surface area (TPSA) is 84.2 Å². The van der Waals surface area contributed by atoms with E-state index < -0.39 is 17.7 Å². The van der Waals surface area contributed by atoms with Crippen molar-refractivity contribution in [1.29, 1.82) is 0 Å². The zero-order chi connectivity index (χ0) is 27.4. The summed E-state index contributed by atoms with van der Waals surface area (Å²) in [4.78, 5) is 23.0. The van der Waals surface area contributed by atoms with E-state index in [0.29, 0.717) is 17.0 Å². The Morgan fingerprint density at radius 2 is 1.63 bits per heavy atom. The number of carbonyl (C=O) groups is 2. The molecule has 0 saturated heterocycles. The third kappa shape index (κ3) is 6.22. The molecule has 1 heterocycles. The number of rotatable bonds is 9. The van der Waals surface area contributed by atoms with Gasteiger partial charge in [0.15, 0.2) is 0 Å². The predicted molar refractivity (Wildman–Crippen MR) is 139 cm³/mol. The van der Waals surface area contributed by atoms with Crippen LogP contribution in [0, 0.1) is 5.92 Å². The first kappa shape index (κ1) is 26.9. The molecule has 198 valence electrons. The molecule has 0 aliphatic carbocycles. The Hall–Kier alpha value is -4.14. The van der Waals surface area contributed by atoms with E-state index in [4.69, 9.17) is 5.11 Å². The number of carbonyl (C=O) groups excluding carboxylic acids is 1. The fourth-order valence-corrected chi connectivity index (χ4v) is 4.40. The van der Waals surface area contributed by atoms with Crippen LogP contribution in [-0.2, 0) is 11.0 Å². The summed E-state index contributed by atoms with van der Waals surface area (Å²) in [6.45, 7) is 4.29. The lowest BCUT2D eigenvalue weighted by Gasteiger charge is -2.21. The van der Waals surface area contributed by atoms with Crippen LogP contribution in [0.15, 0.2) is 72.9 Å². The number of amides is 1. The molecule has 6 nitrogen and oxygen atoms in total. The predicted octanol–water partition coefficient (Wildman–Crippen LogP) is 6.56. The SMILES string of the molecule is CC(C)C[C@@H](c1ccc(C(=O)NCCC(=O)O)cc1)n1ncc2cc(-c3ccc(C(F)(F)F)cc3)ccc21. The van der Waals surface area contributed by atoms with Gasteiger partial charge in [0.1, 0.15) is 0 Å². The number of aliphatic carboxylic acids is 1. The van der Waals surface area contributed by atoms with Crippen molar-refractivity contribution in [3.63, 3.8) is 0 Å². The monoisotopic (exact) mass is 523 g/mol. The number of aromatic nitrogens is 2. The van der Waals surface area contributed by atoms with Gasteiger partial charge in [0.2, 0.25) is 0 Å². The van der Waals surface area contributed by atoms with E-state index in [0.717, 1.165) is 40.6 Å². The Labute approximate surface area is 218 Å². The summed E-state index contributed by atoms with van der Waals surface area (Å²) < 4.78 is 40.7. The highest BCUT2D eigenvalue weighted by Crippen LogP contribution is 2.33. The van der Waals surface area contributed by atoms with Crippen molar-refractivity contribution in [3.05, 3.63) is 89.6 Å². The van der Waals surface area contributed by atoms with E-state index in [1.807, 2.05) is 35.0 Å². The van der Waals surface area contributed by atoms with Crippen molar-refractivity contribution in [2.75, 3.05) is 6.54 Å². The Bertz CT molecular complexity index is 1430. The van der Waals surface area contributed by atoms with Gasteiger partial charge in [0.25, 0.3) is 5.91 Å². The molecule has 9 heteroatoms. The number of carboxylic acids is 1. The summed E-state index contributed by atoms with van der Waals surface area (Å²) in [6.07, 6.45) is -1.98. The molecular formula is C29H28F3N3O3. The first-order valence-corrected chi connectivity index (χ1v) is 12.3. The maximum absolute atomic E-state index is 12.9. The van der Waals surface area contributed by atoms with Gasteiger partial charge in [-0.3, -0.25) is 14.3 Å². The fraction of sp³-hybridized carbons (Fsp3) is 0.276. The Morgan fingerprint density at radius 3 is 2.24 bits per heavy atom. The molecule has 38 heavy (non-hydrogen) atoms. The van der Waals surface area contributed by atoms with Gasteiger partial charge in [-0.05, 0) is 65.4 Å². The maximum atomic E-state index is 12.9. The van der Waals surface area contributed by atoms with Crippen LogP contribution < -0.4 is 5.32 Å². The quantitative estimate of drug-likeness (QED) is 0.260. The summed E-state index contributed by atoms with van der Waals surface area (Å²) in [5.41, 5.74) is 3.09. The highest BCUT2D eigenvalue weighted by Gasteiger charge is 2.30. The maximum Gasteiger partial charge on any atom is 0.416 e. The lowest BCUT2D eigenvalue weighted by molar-refractivity contribution is -0.138. The zero-order valence-corrected chi connectivity index (χ0v) is 21.0. The second-order valence-electron chi connectivity index (χ2n) is 9.60. The number of nitrogens with one attached hydrogen (secondary N) is 1. The molecule has 0 radical (unpaired) electrons. The largest absolute Gasteiger partial charge is 0.481 e. The molecule has 1 atom stereocenters. The first-order chi connectivity index (χ1) is 18.0. The van der Waals surface area contributed by atoms with Crippen LogP contribution in [0.4, 0.5) is 13.2 Å². The van der Waals surface area contributed by atoms with Gasteiger partial charge < -0.3 is 10.4 Å². The Kier molecular flexibility index (Phi) is 7.85. The summed E-state index contributed by atoms with van der Waals surface area (Å²) >= 11 is 0. The number of carboxylic acid groups (broad SMARTS) is 1. The van der Waals surface area contributed by atoms with Crippen molar-refractivity contribution in [2.45, 2.75) is 38.9 Å². The van der Waals surface area contributed by atoms with Gasteiger partial charge >= 0.3 is 12.1 Å². The second-order valence-corrected chi connectivity index (χ2v) is 9.60. The van der Waals surface area contributed by atoms with Crippen molar-refractivity contribution >= 4 is 22.8 Å². The zero-order valence-electron chi connectivity index (χ0n) is 21.0. The molecule has 0 bridgehead atoms. The van der Waals surface area contributed by atoms with Gasteiger partial charge in [0, 0.05) is 17.5 Å². The first-order valence-electron chi connectivity index (χ1n) is 12.3. The van der Waals surface area contributed by atoms with Crippen molar-refractivity contribution in [1.82, 2.24) is 15.1 Å². The number of hydrogen-bond acceptors (Lipinski definition) is 3. The van der Waals surface area contributed by atoms with E-state index in [-0.39, 0.29) is 24.9 Å². The summed E-state index contributed by atoms with van der Waals surface area (Å²) in [5.74, 6) is -0.960. The minimum Gasteiger partial charge on any atom is -0.481 e. The molecule has 3 aromatic carbocycles. The van der Waals surface area contributed by atoms with E-state index in [9.17, 15) is 22.8 Å². The second kappa shape index (κ2) is 11.1. The van der Waals surface area contributed by atoms with E-state index in [1.165, 1.54) is 12.1 Å². The number of fused-ring (bicyclic) bond motifs is 1. The molecule has 1 aromatic heterocycles. The lowest BCUT2D eigenvalue weighted by Crippen LogP contribution is -2.26. The lowest BCUT2D eigenvalue weighted by atomic mass is 9.95. The smallest absolute Gasteiger partial charge is 0.416 e. The number of benzene rings is 3. The van der Waals surface area contributed by atoms with Gasteiger partial charge in [0.05, 0.1) is 29.7 Å². The highest BCUT2D eigenvalue weighted by atomic mass is 19.4. The average molecular weight is 524 g/mol. The summed E-state index contributed by atoms with van der Waals surface area (Å²) in [6, 6.07) is 17.9. The molecule has 4 rings (SSSR count). The van der Waals surface area contributed by atoms with Crippen molar-refractivity contribution in [2.24, 2.45) is 5.92 Å². The molecule has 4 aromatic rings. The Balaban J connectivity index is 1.60. The molecule has 0 aliphatic rings. The molecular weight excluding hydrogens is 495 g/mol. The van der Waals surface area contributed by atoms with Crippen LogP contribution in [0.2, 0.25) is 0 Å². The third-order valence-corrected chi connectivity index (χ3v) is 6.31. The Morgan fingerprint density at radius 1 is 0.974 bits per heavy atom. The number of halogens is 3.